The molecule has 2 aliphatic carbocycles. The van der Waals surface area contributed by atoms with Crippen molar-refractivity contribution in [2.24, 2.45) is 23.7 Å². The summed E-state index contributed by atoms with van der Waals surface area (Å²) in [4.78, 5) is 0. The molecule has 0 aromatic heterocycles. The molecule has 2 fully saturated rings. The van der Waals surface area contributed by atoms with Crippen LogP contribution >= 0.6 is 0 Å². The maximum atomic E-state index is 14.1. The van der Waals surface area contributed by atoms with Gasteiger partial charge in [-0.05, 0) is 79.9 Å². The Bertz CT molecular complexity index is 660. The Morgan fingerprint density at radius 2 is 1.43 bits per heavy atom. The van der Waals surface area contributed by atoms with Gasteiger partial charge in [-0.3, -0.25) is 0 Å². The van der Waals surface area contributed by atoms with E-state index in [2.05, 4.69) is 6.92 Å². The number of hydrogen-bond acceptors (Lipinski definition) is 1. The minimum atomic E-state index is -0.204. The molecule has 2 saturated carbocycles. The second-order valence-electron chi connectivity index (χ2n) is 10.2. The summed E-state index contributed by atoms with van der Waals surface area (Å²) in [6, 6.07) is 6.95. The molecular formula is C28H42FN. The smallest absolute Gasteiger partial charge is 0.127 e. The lowest BCUT2D eigenvalue weighted by Gasteiger charge is -2.38. The number of benzene rings is 1. The molecule has 1 aromatic rings. The van der Waals surface area contributed by atoms with Crippen LogP contribution in [-0.4, -0.2) is 0 Å². The van der Waals surface area contributed by atoms with Crippen LogP contribution in [0.25, 0.3) is 0 Å². The van der Waals surface area contributed by atoms with E-state index in [1.54, 1.807) is 6.07 Å². The van der Waals surface area contributed by atoms with Gasteiger partial charge in [0.15, 0.2) is 0 Å². The minimum Gasteiger partial charge on any atom is -0.207 e. The molecule has 1 aromatic carbocycles. The summed E-state index contributed by atoms with van der Waals surface area (Å²) in [5, 5.41) is 8.88. The lowest BCUT2D eigenvalue weighted by Crippen LogP contribution is -2.26. The summed E-state index contributed by atoms with van der Waals surface area (Å²) in [6.07, 6.45) is 21.9. The molecule has 3 rings (SSSR count). The van der Waals surface area contributed by atoms with Gasteiger partial charge in [-0.25, -0.2) is 4.39 Å². The normalized spacial score (nSPS) is 27.0. The predicted molar refractivity (Wildman–Crippen MR) is 124 cm³/mol. The summed E-state index contributed by atoms with van der Waals surface area (Å²) in [5.41, 5.74) is 1.20. The number of unbranched alkanes of at least 4 members (excludes halogenated alkanes) is 4. The highest BCUT2D eigenvalue weighted by Gasteiger charge is 2.30. The third-order valence-corrected chi connectivity index (χ3v) is 8.17. The van der Waals surface area contributed by atoms with E-state index >= 15 is 0 Å². The Balaban J connectivity index is 1.31. The van der Waals surface area contributed by atoms with Crippen molar-refractivity contribution in [2.45, 2.75) is 110 Å². The lowest BCUT2D eigenvalue weighted by atomic mass is 9.68. The molecule has 0 atom stereocenters. The van der Waals surface area contributed by atoms with Gasteiger partial charge in [-0.2, -0.15) is 5.26 Å². The number of rotatable bonds is 10. The monoisotopic (exact) mass is 411 g/mol. The van der Waals surface area contributed by atoms with Crippen LogP contribution < -0.4 is 0 Å². The molecule has 0 unspecified atom stereocenters. The Morgan fingerprint density at radius 3 is 2.00 bits per heavy atom. The maximum Gasteiger partial charge on any atom is 0.127 e. The highest BCUT2D eigenvalue weighted by atomic mass is 19.1. The van der Waals surface area contributed by atoms with Crippen molar-refractivity contribution in [1.29, 1.82) is 5.26 Å². The summed E-state index contributed by atoms with van der Waals surface area (Å²) < 4.78 is 14.1. The molecule has 0 spiro atoms. The van der Waals surface area contributed by atoms with Gasteiger partial charge in [0.2, 0.25) is 0 Å². The third-order valence-electron chi connectivity index (χ3n) is 8.17. The van der Waals surface area contributed by atoms with E-state index < -0.39 is 0 Å². The average Bonchev–Trinajstić information content (AvgIpc) is 2.79. The fourth-order valence-corrected chi connectivity index (χ4v) is 6.11. The standard InChI is InChI=1S/C28H42FN/c1-2-3-4-5-6-7-22-8-14-25(15-9-22)26-16-10-23(11-17-26)12-18-27-19-13-24(21-30)20-28(27)29/h13,19-20,22-23,25-26H,2-12,14-18H2,1H3. The Hall–Kier alpha value is -1.36. The van der Waals surface area contributed by atoms with Crippen molar-refractivity contribution in [1.82, 2.24) is 0 Å². The zero-order chi connectivity index (χ0) is 21.2. The molecule has 0 bridgehead atoms. The van der Waals surface area contributed by atoms with Gasteiger partial charge in [0.05, 0.1) is 11.6 Å². The van der Waals surface area contributed by atoms with E-state index in [9.17, 15) is 4.39 Å². The van der Waals surface area contributed by atoms with Gasteiger partial charge in [0, 0.05) is 0 Å². The first-order valence-electron chi connectivity index (χ1n) is 12.9. The zero-order valence-electron chi connectivity index (χ0n) is 19.2. The van der Waals surface area contributed by atoms with Crippen molar-refractivity contribution < 1.29 is 4.39 Å². The second kappa shape index (κ2) is 12.5. The molecule has 0 radical (unpaired) electrons. The first kappa shape index (κ1) is 23.3. The predicted octanol–water partition coefficient (Wildman–Crippen LogP) is 8.60. The lowest BCUT2D eigenvalue weighted by molar-refractivity contribution is 0.140. The first-order chi connectivity index (χ1) is 14.7. The van der Waals surface area contributed by atoms with Gasteiger partial charge in [0.25, 0.3) is 0 Å². The highest BCUT2D eigenvalue weighted by Crippen LogP contribution is 2.43. The summed E-state index contributed by atoms with van der Waals surface area (Å²) in [6.45, 7) is 2.30. The summed E-state index contributed by atoms with van der Waals surface area (Å²) >= 11 is 0. The second-order valence-corrected chi connectivity index (χ2v) is 10.2. The van der Waals surface area contributed by atoms with Crippen molar-refractivity contribution in [3.05, 3.63) is 35.1 Å². The van der Waals surface area contributed by atoms with Crippen molar-refractivity contribution in [3.8, 4) is 6.07 Å². The summed E-state index contributed by atoms with van der Waals surface area (Å²) in [5.74, 6) is 3.51. The molecule has 0 N–H and O–H groups in total. The van der Waals surface area contributed by atoms with Gasteiger partial charge < -0.3 is 0 Å². The number of nitrogens with zero attached hydrogens (tertiary/aromatic N) is 1. The van der Waals surface area contributed by atoms with Gasteiger partial charge in [-0.1, -0.05) is 77.2 Å². The van der Waals surface area contributed by atoms with E-state index in [4.69, 9.17) is 5.26 Å². The van der Waals surface area contributed by atoms with Crippen LogP contribution in [0.1, 0.15) is 114 Å². The number of aryl methyl sites for hydroxylation is 1. The van der Waals surface area contributed by atoms with Crippen LogP contribution in [0, 0.1) is 40.8 Å². The van der Waals surface area contributed by atoms with Crippen molar-refractivity contribution >= 4 is 0 Å². The fraction of sp³-hybridized carbons (Fsp3) is 0.750. The highest BCUT2D eigenvalue weighted by molar-refractivity contribution is 5.32. The molecule has 30 heavy (non-hydrogen) atoms. The van der Waals surface area contributed by atoms with Crippen LogP contribution in [-0.2, 0) is 6.42 Å². The van der Waals surface area contributed by atoms with Gasteiger partial charge >= 0.3 is 0 Å². The largest absolute Gasteiger partial charge is 0.207 e. The van der Waals surface area contributed by atoms with E-state index in [1.165, 1.54) is 96.0 Å². The molecule has 2 aliphatic rings. The van der Waals surface area contributed by atoms with E-state index in [1.807, 2.05) is 12.1 Å². The van der Waals surface area contributed by atoms with Crippen molar-refractivity contribution in [2.75, 3.05) is 0 Å². The molecular weight excluding hydrogens is 369 g/mol. The topological polar surface area (TPSA) is 23.8 Å². The molecule has 0 aliphatic heterocycles. The summed E-state index contributed by atoms with van der Waals surface area (Å²) in [7, 11) is 0. The van der Waals surface area contributed by atoms with Crippen LogP contribution in [0.2, 0.25) is 0 Å². The zero-order valence-corrected chi connectivity index (χ0v) is 19.2. The van der Waals surface area contributed by atoms with Gasteiger partial charge in [0.1, 0.15) is 5.82 Å². The van der Waals surface area contributed by atoms with Crippen LogP contribution in [0.15, 0.2) is 18.2 Å². The number of nitriles is 1. The molecule has 2 heteroatoms. The van der Waals surface area contributed by atoms with E-state index in [0.29, 0.717) is 5.56 Å². The Labute approximate surface area is 184 Å². The number of halogens is 1. The molecule has 0 saturated heterocycles. The van der Waals surface area contributed by atoms with Gasteiger partial charge in [-0.15, -0.1) is 0 Å². The SMILES string of the molecule is CCCCCCCC1CCC(C2CCC(CCc3ccc(C#N)cc3F)CC2)CC1. The molecule has 1 nitrogen and oxygen atoms in total. The first-order valence-corrected chi connectivity index (χ1v) is 12.9. The van der Waals surface area contributed by atoms with E-state index in [-0.39, 0.29) is 5.82 Å². The van der Waals surface area contributed by atoms with Crippen LogP contribution in [0.5, 0.6) is 0 Å². The Morgan fingerprint density at radius 1 is 0.833 bits per heavy atom. The quantitative estimate of drug-likeness (QED) is 0.353. The third kappa shape index (κ3) is 7.11. The minimum absolute atomic E-state index is 0.204. The van der Waals surface area contributed by atoms with Crippen LogP contribution in [0.4, 0.5) is 4.39 Å². The van der Waals surface area contributed by atoms with Crippen LogP contribution in [0.3, 0.4) is 0 Å². The molecule has 166 valence electrons. The van der Waals surface area contributed by atoms with Crippen molar-refractivity contribution in [3.63, 3.8) is 0 Å². The Kier molecular flexibility index (Phi) is 9.70. The number of hydrogen-bond donors (Lipinski definition) is 0. The molecule has 0 heterocycles. The maximum absolute atomic E-state index is 14.1. The average molecular weight is 412 g/mol. The fourth-order valence-electron chi connectivity index (χ4n) is 6.11. The van der Waals surface area contributed by atoms with E-state index in [0.717, 1.165) is 42.1 Å². The molecule has 0 amide bonds.